The van der Waals surface area contributed by atoms with Crippen LogP contribution >= 0.6 is 11.6 Å². The van der Waals surface area contributed by atoms with E-state index in [0.29, 0.717) is 29.5 Å². The van der Waals surface area contributed by atoms with Crippen molar-refractivity contribution in [2.75, 3.05) is 13.1 Å². The van der Waals surface area contributed by atoms with Crippen molar-refractivity contribution in [3.63, 3.8) is 0 Å². The molecule has 4 rings (SSSR count). The number of halogens is 2. The van der Waals surface area contributed by atoms with Gasteiger partial charge in [0.15, 0.2) is 0 Å². The number of carbonyl (C=O) groups excluding carboxylic acids is 2. The van der Waals surface area contributed by atoms with Crippen molar-refractivity contribution in [1.82, 2.24) is 9.80 Å². The lowest BCUT2D eigenvalue weighted by Crippen LogP contribution is -2.59. The molecule has 1 saturated carbocycles. The standard InChI is InChI=1S/C25H28ClFN2O2/c1-17-6-12-21(13-7-17)29-16-23(30)28(15-14-18-4-2-3-5-22(18)26)24(25(29)31)19-8-10-20(27)11-9-19/h2-5,8-11,17,21,24H,6-7,12-16H2,1H3/t17?,21?,24-/m0/s1. The highest BCUT2D eigenvalue weighted by atomic mass is 35.5. The Kier molecular flexibility index (Phi) is 6.61. The number of amides is 2. The van der Waals surface area contributed by atoms with Crippen LogP contribution in [0.1, 0.15) is 49.8 Å². The molecule has 0 N–H and O–H groups in total. The number of benzene rings is 2. The summed E-state index contributed by atoms with van der Waals surface area (Å²) in [4.78, 5) is 30.3. The quantitative estimate of drug-likeness (QED) is 0.652. The molecule has 0 spiro atoms. The predicted molar refractivity (Wildman–Crippen MR) is 119 cm³/mol. The molecule has 0 aromatic heterocycles. The van der Waals surface area contributed by atoms with Gasteiger partial charge in [-0.2, -0.15) is 0 Å². The van der Waals surface area contributed by atoms with E-state index in [0.717, 1.165) is 31.2 Å². The van der Waals surface area contributed by atoms with Gasteiger partial charge in [0.25, 0.3) is 5.91 Å². The number of carbonyl (C=O) groups is 2. The second-order valence-corrected chi connectivity index (χ2v) is 9.17. The monoisotopic (exact) mass is 442 g/mol. The number of piperazine rings is 1. The molecule has 6 heteroatoms. The Morgan fingerprint density at radius 2 is 1.68 bits per heavy atom. The van der Waals surface area contributed by atoms with E-state index in [-0.39, 0.29) is 30.2 Å². The molecule has 1 atom stereocenters. The highest BCUT2D eigenvalue weighted by molar-refractivity contribution is 6.31. The van der Waals surface area contributed by atoms with Gasteiger partial charge >= 0.3 is 0 Å². The van der Waals surface area contributed by atoms with Gasteiger partial charge in [-0.25, -0.2) is 4.39 Å². The fourth-order valence-corrected chi connectivity index (χ4v) is 5.01. The largest absolute Gasteiger partial charge is 0.328 e. The second-order valence-electron chi connectivity index (χ2n) is 8.76. The van der Waals surface area contributed by atoms with Crippen LogP contribution in [0.3, 0.4) is 0 Å². The summed E-state index contributed by atoms with van der Waals surface area (Å²) >= 11 is 6.29. The molecule has 0 bridgehead atoms. The maximum Gasteiger partial charge on any atom is 0.250 e. The third-order valence-corrected chi connectivity index (χ3v) is 7.02. The molecule has 1 aliphatic carbocycles. The van der Waals surface area contributed by atoms with Crippen molar-refractivity contribution >= 4 is 23.4 Å². The van der Waals surface area contributed by atoms with Gasteiger partial charge < -0.3 is 9.80 Å². The zero-order chi connectivity index (χ0) is 22.0. The molecular formula is C25H28ClFN2O2. The molecule has 2 fully saturated rings. The highest BCUT2D eigenvalue weighted by Crippen LogP contribution is 2.34. The Hall–Kier alpha value is -2.40. The topological polar surface area (TPSA) is 40.6 Å². The molecule has 31 heavy (non-hydrogen) atoms. The second kappa shape index (κ2) is 9.39. The first-order valence-corrected chi connectivity index (χ1v) is 11.4. The molecule has 2 aliphatic rings. The van der Waals surface area contributed by atoms with Crippen LogP contribution in [0, 0.1) is 11.7 Å². The first-order valence-electron chi connectivity index (χ1n) is 11.0. The van der Waals surface area contributed by atoms with Crippen molar-refractivity contribution in [1.29, 1.82) is 0 Å². The Morgan fingerprint density at radius 3 is 2.35 bits per heavy atom. The molecule has 164 valence electrons. The van der Waals surface area contributed by atoms with Gasteiger partial charge in [-0.15, -0.1) is 0 Å². The van der Waals surface area contributed by atoms with E-state index < -0.39 is 6.04 Å². The molecule has 2 amide bonds. The Bertz CT molecular complexity index is 941. The maximum atomic E-state index is 13.6. The average molecular weight is 443 g/mol. The first-order chi connectivity index (χ1) is 14.9. The summed E-state index contributed by atoms with van der Waals surface area (Å²) in [6.07, 6.45) is 4.55. The third-order valence-electron chi connectivity index (χ3n) is 6.65. The fraction of sp³-hybridized carbons (Fsp3) is 0.440. The lowest BCUT2D eigenvalue weighted by atomic mass is 9.85. The first kappa shape index (κ1) is 21.8. The third kappa shape index (κ3) is 4.77. The van der Waals surface area contributed by atoms with E-state index >= 15 is 0 Å². The molecule has 1 aliphatic heterocycles. The van der Waals surface area contributed by atoms with Crippen LogP contribution < -0.4 is 0 Å². The zero-order valence-corrected chi connectivity index (χ0v) is 18.5. The number of hydrogen-bond acceptors (Lipinski definition) is 2. The number of rotatable bonds is 5. The van der Waals surface area contributed by atoms with Crippen LogP contribution in [-0.4, -0.2) is 40.7 Å². The van der Waals surface area contributed by atoms with E-state index in [2.05, 4.69) is 6.92 Å². The molecular weight excluding hydrogens is 415 g/mol. The van der Waals surface area contributed by atoms with Gasteiger partial charge in [-0.05, 0) is 67.3 Å². The number of hydrogen-bond donors (Lipinski definition) is 0. The van der Waals surface area contributed by atoms with Gasteiger partial charge in [0, 0.05) is 17.6 Å². The van der Waals surface area contributed by atoms with Gasteiger partial charge in [0.1, 0.15) is 18.4 Å². The molecule has 0 unspecified atom stereocenters. The fourth-order valence-electron chi connectivity index (χ4n) is 4.78. The predicted octanol–water partition coefficient (Wildman–Crippen LogP) is 5.01. The van der Waals surface area contributed by atoms with Crippen LogP contribution in [-0.2, 0) is 16.0 Å². The molecule has 2 aromatic rings. The molecule has 1 saturated heterocycles. The van der Waals surface area contributed by atoms with Crippen molar-refractivity contribution in [3.05, 3.63) is 70.5 Å². The minimum atomic E-state index is -0.733. The molecule has 4 nitrogen and oxygen atoms in total. The van der Waals surface area contributed by atoms with Crippen LogP contribution in [0.4, 0.5) is 4.39 Å². The molecule has 2 aromatic carbocycles. The van der Waals surface area contributed by atoms with Gasteiger partial charge in [-0.3, -0.25) is 9.59 Å². The minimum Gasteiger partial charge on any atom is -0.328 e. The lowest BCUT2D eigenvalue weighted by molar-refractivity contribution is -0.159. The van der Waals surface area contributed by atoms with E-state index in [9.17, 15) is 14.0 Å². The van der Waals surface area contributed by atoms with Crippen molar-refractivity contribution in [2.24, 2.45) is 5.92 Å². The van der Waals surface area contributed by atoms with E-state index in [4.69, 9.17) is 11.6 Å². The van der Waals surface area contributed by atoms with Crippen LogP contribution in [0.5, 0.6) is 0 Å². The highest BCUT2D eigenvalue weighted by Gasteiger charge is 2.43. The number of nitrogens with zero attached hydrogens (tertiary/aromatic N) is 2. The van der Waals surface area contributed by atoms with Crippen molar-refractivity contribution in [3.8, 4) is 0 Å². The van der Waals surface area contributed by atoms with E-state index in [1.54, 1.807) is 21.9 Å². The summed E-state index contributed by atoms with van der Waals surface area (Å²) in [6, 6.07) is 12.8. The maximum absolute atomic E-state index is 13.6. The lowest BCUT2D eigenvalue weighted by Gasteiger charge is -2.45. The van der Waals surface area contributed by atoms with E-state index in [1.165, 1.54) is 12.1 Å². The summed E-state index contributed by atoms with van der Waals surface area (Å²) in [7, 11) is 0. The van der Waals surface area contributed by atoms with Gasteiger partial charge in [0.2, 0.25) is 5.91 Å². The minimum absolute atomic E-state index is 0.0649. The Morgan fingerprint density at radius 1 is 1.00 bits per heavy atom. The SMILES string of the molecule is CC1CCC(N2CC(=O)N(CCc3ccccc3Cl)[C@@H](c3ccc(F)cc3)C2=O)CC1. The summed E-state index contributed by atoms with van der Waals surface area (Å²) < 4.78 is 13.6. The molecule has 1 heterocycles. The summed E-state index contributed by atoms with van der Waals surface area (Å²) in [5.41, 5.74) is 1.58. The zero-order valence-electron chi connectivity index (χ0n) is 17.8. The normalized spacial score (nSPS) is 24.5. The smallest absolute Gasteiger partial charge is 0.250 e. The van der Waals surface area contributed by atoms with E-state index in [1.807, 2.05) is 24.3 Å². The van der Waals surface area contributed by atoms with Crippen molar-refractivity contribution in [2.45, 2.75) is 51.1 Å². The summed E-state index contributed by atoms with van der Waals surface area (Å²) in [6.45, 7) is 2.72. The van der Waals surface area contributed by atoms with Crippen LogP contribution in [0.25, 0.3) is 0 Å². The van der Waals surface area contributed by atoms with Crippen molar-refractivity contribution < 1.29 is 14.0 Å². The van der Waals surface area contributed by atoms with Gasteiger partial charge in [-0.1, -0.05) is 48.9 Å². The Labute approximate surface area is 188 Å². The molecule has 0 radical (unpaired) electrons. The van der Waals surface area contributed by atoms with Crippen LogP contribution in [0.15, 0.2) is 48.5 Å². The Balaban J connectivity index is 1.60. The summed E-state index contributed by atoms with van der Waals surface area (Å²) in [5.74, 6) is 0.162. The van der Waals surface area contributed by atoms with Gasteiger partial charge in [0.05, 0.1) is 0 Å². The van der Waals surface area contributed by atoms with Crippen LogP contribution in [0.2, 0.25) is 5.02 Å². The average Bonchev–Trinajstić information content (AvgIpc) is 2.76. The summed E-state index contributed by atoms with van der Waals surface area (Å²) in [5, 5.41) is 0.648.